The third kappa shape index (κ3) is 2.79. The lowest BCUT2D eigenvalue weighted by Gasteiger charge is -2.24. The predicted octanol–water partition coefficient (Wildman–Crippen LogP) is 3.19. The van der Waals surface area contributed by atoms with E-state index in [-0.39, 0.29) is 5.92 Å². The molecule has 2 aliphatic carbocycles. The highest BCUT2D eigenvalue weighted by Crippen LogP contribution is 2.58. The third-order valence-corrected chi connectivity index (χ3v) is 5.61. The van der Waals surface area contributed by atoms with Crippen molar-refractivity contribution in [3.05, 3.63) is 28.8 Å². The summed E-state index contributed by atoms with van der Waals surface area (Å²) in [5, 5.41) is 11.5. The predicted molar refractivity (Wildman–Crippen MR) is 84.7 cm³/mol. The zero-order valence-corrected chi connectivity index (χ0v) is 13.2. The van der Waals surface area contributed by atoms with E-state index in [2.05, 4.69) is 0 Å². The highest BCUT2D eigenvalue weighted by atomic mass is 35.5. The number of hydrogen-bond donors (Lipinski definition) is 2. The van der Waals surface area contributed by atoms with Crippen molar-refractivity contribution in [2.24, 2.45) is 23.5 Å². The van der Waals surface area contributed by atoms with Crippen LogP contribution >= 0.6 is 11.6 Å². The molecular formula is C17H24ClNO2. The molecule has 1 aromatic carbocycles. The lowest BCUT2D eigenvalue weighted by Crippen LogP contribution is -2.29. The van der Waals surface area contributed by atoms with Crippen molar-refractivity contribution in [2.45, 2.75) is 37.7 Å². The molecule has 0 bridgehead atoms. The standard InChI is InChI=1S/C17H24ClNO2/c1-21-15-7-6-10(18)8-13(15)14(9-19)17(20)16-11-4-2-3-5-12(11)16/h6-8,11-12,14,16-17,20H,2-5,9,19H2,1H3. The number of nitrogens with two attached hydrogens (primary N) is 1. The maximum absolute atomic E-state index is 10.9. The number of ether oxygens (including phenoxy) is 1. The quantitative estimate of drug-likeness (QED) is 0.878. The van der Waals surface area contributed by atoms with Crippen molar-refractivity contribution in [1.29, 1.82) is 0 Å². The van der Waals surface area contributed by atoms with E-state index in [0.29, 0.717) is 29.3 Å². The van der Waals surface area contributed by atoms with Gasteiger partial charge in [-0.2, -0.15) is 0 Å². The van der Waals surface area contributed by atoms with Crippen LogP contribution in [0.15, 0.2) is 18.2 Å². The minimum absolute atomic E-state index is 0.103. The summed E-state index contributed by atoms with van der Waals surface area (Å²) in [5.41, 5.74) is 6.91. The van der Waals surface area contributed by atoms with Crippen molar-refractivity contribution >= 4 is 11.6 Å². The molecule has 3 N–H and O–H groups in total. The van der Waals surface area contributed by atoms with Gasteiger partial charge in [0.2, 0.25) is 0 Å². The Bertz CT molecular complexity index is 496. The fourth-order valence-corrected chi connectivity index (χ4v) is 4.45. The Hall–Kier alpha value is -0.770. The second-order valence-corrected chi connectivity index (χ2v) is 6.85. The molecule has 2 fully saturated rings. The SMILES string of the molecule is COc1ccc(Cl)cc1C(CN)C(O)C1C2CCCCC21. The summed E-state index contributed by atoms with van der Waals surface area (Å²) in [4.78, 5) is 0. The van der Waals surface area contributed by atoms with Crippen molar-refractivity contribution in [2.75, 3.05) is 13.7 Å². The van der Waals surface area contributed by atoms with Gasteiger partial charge in [-0.15, -0.1) is 0 Å². The number of aliphatic hydroxyl groups is 1. The van der Waals surface area contributed by atoms with Crippen LogP contribution < -0.4 is 10.5 Å². The van der Waals surface area contributed by atoms with Gasteiger partial charge in [-0.25, -0.2) is 0 Å². The molecule has 2 aliphatic rings. The number of benzene rings is 1. The van der Waals surface area contributed by atoms with Crippen LogP contribution in [0.4, 0.5) is 0 Å². The molecule has 4 unspecified atom stereocenters. The van der Waals surface area contributed by atoms with Crippen LogP contribution in [-0.2, 0) is 0 Å². The molecule has 21 heavy (non-hydrogen) atoms. The first-order valence-electron chi connectivity index (χ1n) is 7.89. The van der Waals surface area contributed by atoms with Gasteiger partial charge in [0.15, 0.2) is 0 Å². The first-order valence-corrected chi connectivity index (χ1v) is 8.26. The summed E-state index contributed by atoms with van der Waals surface area (Å²) in [7, 11) is 1.64. The van der Waals surface area contributed by atoms with Gasteiger partial charge in [0.1, 0.15) is 5.75 Å². The second kappa shape index (κ2) is 6.15. The molecule has 0 spiro atoms. The topological polar surface area (TPSA) is 55.5 Å². The number of hydrogen-bond acceptors (Lipinski definition) is 3. The maximum atomic E-state index is 10.9. The summed E-state index contributed by atoms with van der Waals surface area (Å²) in [6.45, 7) is 0.411. The van der Waals surface area contributed by atoms with Gasteiger partial charge in [0.05, 0.1) is 13.2 Å². The number of halogens is 1. The minimum Gasteiger partial charge on any atom is -0.496 e. The van der Waals surface area contributed by atoms with Crippen molar-refractivity contribution in [3.8, 4) is 5.75 Å². The fraction of sp³-hybridized carbons (Fsp3) is 0.647. The Labute approximate surface area is 131 Å². The molecule has 0 aromatic heterocycles. The molecule has 2 saturated carbocycles. The summed E-state index contributed by atoms with van der Waals surface area (Å²) in [5.74, 6) is 2.47. The number of aliphatic hydroxyl groups excluding tert-OH is 1. The lowest BCUT2D eigenvalue weighted by atomic mass is 9.89. The average molecular weight is 310 g/mol. The van der Waals surface area contributed by atoms with Crippen LogP contribution in [0.3, 0.4) is 0 Å². The van der Waals surface area contributed by atoms with Crippen molar-refractivity contribution in [1.82, 2.24) is 0 Å². The largest absolute Gasteiger partial charge is 0.496 e. The number of methoxy groups -OCH3 is 1. The molecule has 0 aliphatic heterocycles. The zero-order chi connectivity index (χ0) is 15.0. The van der Waals surface area contributed by atoms with Crippen molar-refractivity contribution in [3.63, 3.8) is 0 Å². The molecule has 4 atom stereocenters. The summed E-state index contributed by atoms with van der Waals surface area (Å²) in [6, 6.07) is 5.54. The van der Waals surface area contributed by atoms with E-state index in [0.717, 1.165) is 11.3 Å². The van der Waals surface area contributed by atoms with E-state index in [1.165, 1.54) is 25.7 Å². The third-order valence-electron chi connectivity index (χ3n) is 5.37. The Morgan fingerprint density at radius 1 is 1.33 bits per heavy atom. The zero-order valence-electron chi connectivity index (χ0n) is 12.5. The van der Waals surface area contributed by atoms with Crippen molar-refractivity contribution < 1.29 is 9.84 Å². The molecule has 0 heterocycles. The second-order valence-electron chi connectivity index (χ2n) is 6.41. The summed E-state index contributed by atoms with van der Waals surface area (Å²) < 4.78 is 5.43. The van der Waals surface area contributed by atoms with Gasteiger partial charge >= 0.3 is 0 Å². The van der Waals surface area contributed by atoms with E-state index in [4.69, 9.17) is 22.1 Å². The number of fused-ring (bicyclic) bond motifs is 1. The normalized spacial score (nSPS) is 30.4. The summed E-state index contributed by atoms with van der Waals surface area (Å²) >= 11 is 6.12. The van der Waals surface area contributed by atoms with Gasteiger partial charge in [0.25, 0.3) is 0 Å². The van der Waals surface area contributed by atoms with Crippen LogP contribution in [0, 0.1) is 17.8 Å². The molecule has 3 nitrogen and oxygen atoms in total. The Kier molecular flexibility index (Phi) is 4.43. The van der Waals surface area contributed by atoms with Gasteiger partial charge in [0, 0.05) is 23.0 Å². The molecule has 0 radical (unpaired) electrons. The van der Waals surface area contributed by atoms with E-state index in [1.54, 1.807) is 13.2 Å². The fourth-order valence-electron chi connectivity index (χ4n) is 4.27. The van der Waals surface area contributed by atoms with E-state index < -0.39 is 6.10 Å². The Morgan fingerprint density at radius 3 is 2.57 bits per heavy atom. The monoisotopic (exact) mass is 309 g/mol. The molecular weight excluding hydrogens is 286 g/mol. The van der Waals surface area contributed by atoms with Crippen LogP contribution in [0.1, 0.15) is 37.2 Å². The molecule has 4 heteroatoms. The van der Waals surface area contributed by atoms with Gasteiger partial charge in [-0.1, -0.05) is 24.4 Å². The average Bonchev–Trinajstić information content (AvgIpc) is 3.22. The molecule has 116 valence electrons. The van der Waals surface area contributed by atoms with Crippen LogP contribution in [-0.4, -0.2) is 24.9 Å². The smallest absolute Gasteiger partial charge is 0.122 e. The minimum atomic E-state index is -0.393. The first-order chi connectivity index (χ1) is 10.2. The lowest BCUT2D eigenvalue weighted by molar-refractivity contribution is 0.111. The molecule has 3 rings (SSSR count). The first kappa shape index (κ1) is 15.1. The van der Waals surface area contributed by atoms with Crippen LogP contribution in [0.2, 0.25) is 5.02 Å². The van der Waals surface area contributed by atoms with E-state index in [9.17, 15) is 5.11 Å². The Morgan fingerprint density at radius 2 is 2.00 bits per heavy atom. The van der Waals surface area contributed by atoms with Gasteiger partial charge in [-0.3, -0.25) is 0 Å². The van der Waals surface area contributed by atoms with E-state index >= 15 is 0 Å². The highest BCUT2D eigenvalue weighted by Gasteiger charge is 2.55. The van der Waals surface area contributed by atoms with E-state index in [1.807, 2.05) is 12.1 Å². The molecule has 0 saturated heterocycles. The summed E-state index contributed by atoms with van der Waals surface area (Å²) in [6.07, 6.45) is 4.73. The van der Waals surface area contributed by atoms with Crippen LogP contribution in [0.25, 0.3) is 0 Å². The highest BCUT2D eigenvalue weighted by molar-refractivity contribution is 6.30. The van der Waals surface area contributed by atoms with Crippen LogP contribution in [0.5, 0.6) is 5.75 Å². The number of rotatable bonds is 5. The Balaban J connectivity index is 1.83. The van der Waals surface area contributed by atoms with Gasteiger partial charge in [-0.05, 0) is 48.8 Å². The maximum Gasteiger partial charge on any atom is 0.122 e. The molecule has 0 amide bonds. The molecule has 1 aromatic rings. The van der Waals surface area contributed by atoms with Gasteiger partial charge < -0.3 is 15.6 Å².